The van der Waals surface area contributed by atoms with Crippen molar-refractivity contribution in [2.45, 2.75) is 71.4 Å². The van der Waals surface area contributed by atoms with E-state index < -0.39 is 0 Å². The van der Waals surface area contributed by atoms with Gasteiger partial charge in [-0.2, -0.15) is 0 Å². The Bertz CT molecular complexity index is 422. The Morgan fingerprint density at radius 2 is 1.70 bits per heavy atom. The molecule has 0 bridgehead atoms. The first-order valence-electron chi connectivity index (χ1n) is 9.19. The van der Waals surface area contributed by atoms with Crippen LogP contribution in [0.5, 0.6) is 0 Å². The van der Waals surface area contributed by atoms with Gasteiger partial charge in [-0.05, 0) is 66.0 Å². The fourth-order valence-corrected chi connectivity index (χ4v) is 3.42. The molecule has 2 amide bonds. The van der Waals surface area contributed by atoms with E-state index in [0.717, 1.165) is 58.3 Å². The maximum atomic E-state index is 12.5. The summed E-state index contributed by atoms with van der Waals surface area (Å²) in [5, 5.41) is 3.13. The van der Waals surface area contributed by atoms with Crippen molar-refractivity contribution >= 4 is 11.8 Å². The molecule has 1 atom stereocenters. The Morgan fingerprint density at radius 3 is 2.22 bits per heavy atom. The molecule has 0 aromatic heterocycles. The van der Waals surface area contributed by atoms with Gasteiger partial charge in [0.05, 0.1) is 6.04 Å². The molecule has 23 heavy (non-hydrogen) atoms. The van der Waals surface area contributed by atoms with Crippen molar-refractivity contribution in [3.8, 4) is 0 Å². The molecule has 5 nitrogen and oxygen atoms in total. The molecule has 1 N–H and O–H groups in total. The van der Waals surface area contributed by atoms with E-state index in [2.05, 4.69) is 31.0 Å². The highest BCUT2D eigenvalue weighted by molar-refractivity contribution is 5.82. The molecular weight excluding hydrogens is 290 g/mol. The van der Waals surface area contributed by atoms with E-state index in [9.17, 15) is 9.59 Å². The Hall–Kier alpha value is -1.10. The first-order valence-corrected chi connectivity index (χ1v) is 9.19. The molecule has 0 aliphatic carbocycles. The lowest BCUT2D eigenvalue weighted by Gasteiger charge is -2.37. The van der Waals surface area contributed by atoms with Gasteiger partial charge in [-0.15, -0.1) is 0 Å². The highest BCUT2D eigenvalue weighted by atomic mass is 16.2. The molecule has 132 valence electrons. The summed E-state index contributed by atoms with van der Waals surface area (Å²) in [4.78, 5) is 29.1. The van der Waals surface area contributed by atoms with Crippen molar-refractivity contribution in [2.75, 3.05) is 26.2 Å². The van der Waals surface area contributed by atoms with E-state index >= 15 is 0 Å². The topological polar surface area (TPSA) is 52.7 Å². The molecule has 2 saturated heterocycles. The molecule has 2 aliphatic rings. The third-order valence-corrected chi connectivity index (χ3v) is 5.57. The van der Waals surface area contributed by atoms with Crippen molar-refractivity contribution in [3.63, 3.8) is 0 Å². The first kappa shape index (κ1) is 18.2. The van der Waals surface area contributed by atoms with Crippen molar-refractivity contribution in [2.24, 2.45) is 5.92 Å². The van der Waals surface area contributed by atoms with Crippen molar-refractivity contribution in [3.05, 3.63) is 0 Å². The van der Waals surface area contributed by atoms with Crippen molar-refractivity contribution in [1.82, 2.24) is 15.1 Å². The largest absolute Gasteiger partial charge is 0.350 e. The molecule has 1 unspecified atom stereocenters. The smallest absolute Gasteiger partial charge is 0.237 e. The Labute approximate surface area is 140 Å². The van der Waals surface area contributed by atoms with E-state index in [1.807, 2.05) is 11.8 Å². The molecule has 5 heteroatoms. The zero-order valence-electron chi connectivity index (χ0n) is 15.2. The highest BCUT2D eigenvalue weighted by Gasteiger charge is 2.33. The van der Waals surface area contributed by atoms with Gasteiger partial charge in [-0.3, -0.25) is 14.5 Å². The number of nitrogens with zero attached hydrogens (tertiary/aromatic N) is 2. The number of nitrogens with one attached hydrogen (secondary N) is 1. The van der Waals surface area contributed by atoms with Gasteiger partial charge < -0.3 is 10.2 Å². The van der Waals surface area contributed by atoms with Crippen LogP contribution in [-0.2, 0) is 9.59 Å². The standard InChI is InChI=1S/C18H33N3O2/c1-5-18(3,4)19-16(22)14(2)20-12-8-15(9-13-20)17(23)21-10-6-7-11-21/h14-15H,5-13H2,1-4H3,(H,19,22). The van der Waals surface area contributed by atoms with Gasteiger partial charge in [0.15, 0.2) is 0 Å². The molecule has 0 aromatic carbocycles. The number of piperidine rings is 1. The third kappa shape index (κ3) is 4.69. The van der Waals surface area contributed by atoms with Gasteiger partial charge in [0.25, 0.3) is 0 Å². The SMILES string of the molecule is CCC(C)(C)NC(=O)C(C)N1CCC(C(=O)N2CCCC2)CC1. The Kier molecular flexibility index (Phi) is 6.06. The predicted octanol–water partition coefficient (Wildman–Crippen LogP) is 2.01. The summed E-state index contributed by atoms with van der Waals surface area (Å²) in [7, 11) is 0. The second-order valence-electron chi connectivity index (χ2n) is 7.75. The van der Waals surface area contributed by atoms with Gasteiger partial charge >= 0.3 is 0 Å². The fraction of sp³-hybridized carbons (Fsp3) is 0.889. The Morgan fingerprint density at radius 1 is 1.13 bits per heavy atom. The van der Waals surface area contributed by atoms with Crippen LogP contribution in [-0.4, -0.2) is 59.4 Å². The van der Waals surface area contributed by atoms with Gasteiger partial charge in [-0.25, -0.2) is 0 Å². The van der Waals surface area contributed by atoms with Gasteiger partial charge in [0, 0.05) is 24.5 Å². The molecule has 0 radical (unpaired) electrons. The van der Waals surface area contributed by atoms with Crippen LogP contribution in [0.25, 0.3) is 0 Å². The molecule has 2 heterocycles. The summed E-state index contributed by atoms with van der Waals surface area (Å²) < 4.78 is 0. The third-order valence-electron chi connectivity index (χ3n) is 5.57. The summed E-state index contributed by atoms with van der Waals surface area (Å²) in [6.07, 6.45) is 4.97. The van der Waals surface area contributed by atoms with Crippen LogP contribution in [0, 0.1) is 5.92 Å². The predicted molar refractivity (Wildman–Crippen MR) is 92.1 cm³/mol. The minimum absolute atomic E-state index is 0.0983. The normalized spacial score (nSPS) is 22.2. The molecule has 2 fully saturated rings. The van der Waals surface area contributed by atoms with Gasteiger partial charge in [-0.1, -0.05) is 6.92 Å². The lowest BCUT2D eigenvalue weighted by Crippen LogP contribution is -2.54. The second-order valence-corrected chi connectivity index (χ2v) is 7.75. The Balaban J connectivity index is 1.81. The maximum Gasteiger partial charge on any atom is 0.237 e. The zero-order valence-corrected chi connectivity index (χ0v) is 15.2. The van der Waals surface area contributed by atoms with E-state index in [1.54, 1.807) is 0 Å². The highest BCUT2D eigenvalue weighted by Crippen LogP contribution is 2.23. The van der Waals surface area contributed by atoms with Gasteiger partial charge in [0.2, 0.25) is 11.8 Å². The average molecular weight is 323 g/mol. The number of rotatable bonds is 5. The van der Waals surface area contributed by atoms with Crippen LogP contribution in [0.4, 0.5) is 0 Å². The van der Waals surface area contributed by atoms with E-state index in [1.165, 1.54) is 0 Å². The number of carbonyl (C=O) groups excluding carboxylic acids is 2. The number of amides is 2. The van der Waals surface area contributed by atoms with Gasteiger partial charge in [0.1, 0.15) is 0 Å². The van der Waals surface area contributed by atoms with Crippen LogP contribution in [0.2, 0.25) is 0 Å². The maximum absolute atomic E-state index is 12.5. The summed E-state index contributed by atoms with van der Waals surface area (Å²) in [5.74, 6) is 0.597. The van der Waals surface area contributed by atoms with Crippen molar-refractivity contribution < 1.29 is 9.59 Å². The lowest BCUT2D eigenvalue weighted by atomic mass is 9.94. The summed E-state index contributed by atoms with van der Waals surface area (Å²) in [6.45, 7) is 11.7. The number of likely N-dealkylation sites (tertiary alicyclic amines) is 2. The van der Waals surface area contributed by atoms with Crippen LogP contribution in [0.15, 0.2) is 0 Å². The summed E-state index contributed by atoms with van der Waals surface area (Å²) in [6, 6.07) is -0.122. The second kappa shape index (κ2) is 7.65. The minimum atomic E-state index is -0.157. The monoisotopic (exact) mass is 323 g/mol. The molecule has 0 saturated carbocycles. The molecule has 2 aliphatic heterocycles. The van der Waals surface area contributed by atoms with E-state index in [4.69, 9.17) is 0 Å². The molecule has 0 aromatic rings. The first-order chi connectivity index (χ1) is 10.8. The fourth-order valence-electron chi connectivity index (χ4n) is 3.42. The average Bonchev–Trinajstić information content (AvgIpc) is 3.07. The zero-order chi connectivity index (χ0) is 17.0. The molecule has 0 spiro atoms. The minimum Gasteiger partial charge on any atom is -0.350 e. The number of hydrogen-bond donors (Lipinski definition) is 1. The number of carbonyl (C=O) groups is 2. The number of hydrogen-bond acceptors (Lipinski definition) is 3. The van der Waals surface area contributed by atoms with Crippen LogP contribution >= 0.6 is 0 Å². The van der Waals surface area contributed by atoms with Crippen molar-refractivity contribution in [1.29, 1.82) is 0 Å². The van der Waals surface area contributed by atoms with Crippen LogP contribution < -0.4 is 5.32 Å². The quantitative estimate of drug-likeness (QED) is 0.842. The summed E-state index contributed by atoms with van der Waals surface area (Å²) in [5.41, 5.74) is -0.157. The summed E-state index contributed by atoms with van der Waals surface area (Å²) >= 11 is 0. The van der Waals surface area contributed by atoms with Crippen LogP contribution in [0.3, 0.4) is 0 Å². The van der Waals surface area contributed by atoms with Crippen LogP contribution in [0.1, 0.15) is 59.8 Å². The molecule has 2 rings (SSSR count). The van der Waals surface area contributed by atoms with E-state index in [-0.39, 0.29) is 23.4 Å². The van der Waals surface area contributed by atoms with E-state index in [0.29, 0.717) is 5.91 Å². The molecular formula is C18H33N3O2. The lowest BCUT2D eigenvalue weighted by molar-refractivity contribution is -0.136.